The molecule has 1 aliphatic heterocycles. The Bertz CT molecular complexity index is 905. The zero-order chi connectivity index (χ0) is 22.4. The molecule has 1 aliphatic carbocycles. The molecule has 2 unspecified atom stereocenters. The molecule has 2 aromatic heterocycles. The van der Waals surface area contributed by atoms with Gasteiger partial charge in [-0.05, 0) is 37.2 Å². The van der Waals surface area contributed by atoms with Crippen molar-refractivity contribution in [2.24, 2.45) is 5.92 Å². The summed E-state index contributed by atoms with van der Waals surface area (Å²) >= 11 is 3.53. The van der Waals surface area contributed by atoms with Crippen LogP contribution >= 0.6 is 12.6 Å². The van der Waals surface area contributed by atoms with Gasteiger partial charge >= 0.3 is 0 Å². The molecular formula is C20H26F2N6O2S. The molecule has 168 valence electrons. The van der Waals surface area contributed by atoms with Crippen molar-refractivity contribution in [3.05, 3.63) is 30.5 Å². The Labute approximate surface area is 184 Å². The number of hydrogen-bond acceptors (Lipinski definition) is 8. The van der Waals surface area contributed by atoms with E-state index in [1.165, 1.54) is 12.4 Å². The van der Waals surface area contributed by atoms with E-state index in [-0.39, 0.29) is 18.8 Å². The highest BCUT2D eigenvalue weighted by Crippen LogP contribution is 2.37. The fraction of sp³-hybridized carbons (Fsp3) is 0.500. The number of thiol groups is 1. The molecule has 3 N–H and O–H groups in total. The predicted molar refractivity (Wildman–Crippen MR) is 118 cm³/mol. The minimum Gasteiger partial charge on any atom is -0.394 e. The molecule has 2 aromatic rings. The van der Waals surface area contributed by atoms with E-state index in [2.05, 4.69) is 37.5 Å². The van der Waals surface area contributed by atoms with Crippen molar-refractivity contribution in [1.29, 1.82) is 5.41 Å². The van der Waals surface area contributed by atoms with Crippen molar-refractivity contribution in [3.8, 4) is 11.4 Å². The number of nitrogens with one attached hydrogen (secondary N) is 2. The second-order valence-electron chi connectivity index (χ2n) is 7.25. The molecule has 2 aliphatic rings. The Morgan fingerprint density at radius 1 is 1.35 bits per heavy atom. The third-order valence-electron chi connectivity index (χ3n) is 5.05. The maximum Gasteiger partial charge on any atom is 0.279 e. The topological polar surface area (TPSA) is 111 Å². The lowest BCUT2D eigenvalue weighted by atomic mass is 10.1. The smallest absolute Gasteiger partial charge is 0.279 e. The fourth-order valence-corrected chi connectivity index (χ4v) is 3.35. The molecule has 4 rings (SSSR count). The van der Waals surface area contributed by atoms with Crippen molar-refractivity contribution in [2.75, 3.05) is 30.9 Å². The minimum atomic E-state index is -2.82. The second-order valence-corrected chi connectivity index (χ2v) is 7.25. The molecule has 0 radical (unpaired) electrons. The lowest BCUT2D eigenvalue weighted by Crippen LogP contribution is -2.50. The molecule has 11 heteroatoms. The third kappa shape index (κ3) is 6.08. The third-order valence-corrected chi connectivity index (χ3v) is 5.05. The highest BCUT2D eigenvalue weighted by atomic mass is 32.1. The van der Waals surface area contributed by atoms with E-state index in [0.29, 0.717) is 36.2 Å². The number of ether oxygens (including phenoxy) is 1. The van der Waals surface area contributed by atoms with Crippen LogP contribution < -0.4 is 4.90 Å². The van der Waals surface area contributed by atoms with Gasteiger partial charge in [0.2, 0.25) is 0 Å². The Balaban J connectivity index is 0.00000132. The number of H-pyrrole nitrogens is 1. The summed E-state index contributed by atoms with van der Waals surface area (Å²) in [4.78, 5) is 17.9. The quantitative estimate of drug-likeness (QED) is 0.380. The Morgan fingerprint density at radius 3 is 2.81 bits per heavy atom. The van der Waals surface area contributed by atoms with Crippen molar-refractivity contribution in [3.63, 3.8) is 0 Å². The van der Waals surface area contributed by atoms with Gasteiger partial charge in [-0.15, -0.1) is 0 Å². The average Bonchev–Trinajstić information content (AvgIpc) is 3.56. The maximum absolute atomic E-state index is 12.4. The number of aliphatic hydroxyl groups is 1. The van der Waals surface area contributed by atoms with Crippen LogP contribution in [0.1, 0.15) is 18.7 Å². The number of rotatable bonds is 7. The normalized spacial score (nSPS) is 21.3. The number of nitrogens with zero attached hydrogens (tertiary/aromatic N) is 4. The number of hydrogen-bond donors (Lipinski definition) is 4. The van der Waals surface area contributed by atoms with Crippen LogP contribution in [0.15, 0.2) is 24.7 Å². The van der Waals surface area contributed by atoms with E-state index in [9.17, 15) is 13.9 Å². The van der Waals surface area contributed by atoms with Crippen LogP contribution in [-0.4, -0.2) is 75.3 Å². The second kappa shape index (κ2) is 10.8. The molecule has 2 atom stereocenters. The van der Waals surface area contributed by atoms with Gasteiger partial charge in [-0.25, -0.2) is 23.7 Å². The van der Waals surface area contributed by atoms with E-state index in [1.54, 1.807) is 12.5 Å². The minimum absolute atomic E-state index is 0.0402. The predicted octanol–water partition coefficient (Wildman–Crippen LogP) is 2.69. The summed E-state index contributed by atoms with van der Waals surface area (Å²) in [6, 6.07) is 1.83. The zero-order valence-electron chi connectivity index (χ0n) is 17.1. The summed E-state index contributed by atoms with van der Waals surface area (Å²) in [6.45, 7) is 1.22. The average molecular weight is 453 g/mol. The van der Waals surface area contributed by atoms with E-state index in [0.717, 1.165) is 24.7 Å². The number of aromatic amines is 1. The molecule has 8 nitrogen and oxygen atoms in total. The van der Waals surface area contributed by atoms with E-state index < -0.39 is 12.1 Å². The van der Waals surface area contributed by atoms with Crippen LogP contribution in [0.5, 0.6) is 0 Å². The Morgan fingerprint density at radius 2 is 2.13 bits per heavy atom. The van der Waals surface area contributed by atoms with Gasteiger partial charge in [-0.2, -0.15) is 12.6 Å². The van der Waals surface area contributed by atoms with Gasteiger partial charge in [0.05, 0.1) is 42.1 Å². The summed E-state index contributed by atoms with van der Waals surface area (Å²) in [5.74, 6) is 1.63. The molecule has 0 bridgehead atoms. The van der Waals surface area contributed by atoms with Crippen LogP contribution in [0.2, 0.25) is 0 Å². The first-order valence-electron chi connectivity index (χ1n) is 9.91. The molecule has 31 heavy (non-hydrogen) atoms. The first-order valence-corrected chi connectivity index (χ1v) is 10.8. The number of anilines is 1. The van der Waals surface area contributed by atoms with Gasteiger partial charge in [0.1, 0.15) is 18.0 Å². The van der Waals surface area contributed by atoms with Crippen LogP contribution in [-0.2, 0) is 4.74 Å². The summed E-state index contributed by atoms with van der Waals surface area (Å²) in [5, 5.41) is 16.7. The monoisotopic (exact) mass is 452 g/mol. The van der Waals surface area contributed by atoms with Crippen molar-refractivity contribution in [2.45, 2.75) is 31.5 Å². The Hall–Kier alpha value is -2.37. The number of aliphatic hydroxyl groups excluding tert-OH is 1. The molecule has 2 fully saturated rings. The molecule has 3 heterocycles. The van der Waals surface area contributed by atoms with Gasteiger partial charge in [-0.3, -0.25) is 5.41 Å². The number of aromatic nitrogens is 4. The molecule has 1 saturated heterocycles. The molecule has 0 aromatic carbocycles. The summed E-state index contributed by atoms with van der Waals surface area (Å²) in [5.41, 5.74) is 0.451. The first kappa shape index (κ1) is 23.3. The number of imidazole rings is 1. The standard InChI is InChI=1S/C19H22F2N6O2.CH4S/c20-19(21)13(22)3-4-17-23-6-15(26-17)14-5-18(25-10-24-14)27-7-12(9-28)29-16(8-27)11-1-2-11;1-2/h3-6,10-12,16,19,22,28H,1-2,7-9H2,(H,23,26);2H,1H3/b4-3-,22-13?;. The van der Waals surface area contributed by atoms with Gasteiger partial charge in [-0.1, -0.05) is 0 Å². The lowest BCUT2D eigenvalue weighted by Gasteiger charge is -2.38. The SMILES string of the molecule is CS.N=C(/C=C\c1ncc(-c2cc(N3CC(CO)OC(C4CC4)C3)ncn2)[nH]1)C(F)F. The van der Waals surface area contributed by atoms with Gasteiger partial charge < -0.3 is 19.7 Å². The number of morpholine rings is 1. The Kier molecular flexibility index (Phi) is 8.10. The highest BCUT2D eigenvalue weighted by Gasteiger charge is 2.38. The molecular weight excluding hydrogens is 426 g/mol. The first-order chi connectivity index (χ1) is 15.0. The lowest BCUT2D eigenvalue weighted by molar-refractivity contribution is -0.0596. The largest absolute Gasteiger partial charge is 0.394 e. The molecule has 1 saturated carbocycles. The van der Waals surface area contributed by atoms with Gasteiger partial charge in [0.15, 0.2) is 0 Å². The molecule has 0 amide bonds. The van der Waals surface area contributed by atoms with Crippen LogP contribution in [0.4, 0.5) is 14.6 Å². The molecule has 0 spiro atoms. The van der Waals surface area contributed by atoms with Crippen molar-refractivity contribution >= 4 is 30.2 Å². The van der Waals surface area contributed by atoms with Crippen molar-refractivity contribution in [1.82, 2.24) is 19.9 Å². The van der Waals surface area contributed by atoms with E-state index >= 15 is 0 Å². The van der Waals surface area contributed by atoms with Gasteiger partial charge in [0, 0.05) is 19.2 Å². The number of allylic oxidation sites excluding steroid dienone is 1. The highest BCUT2D eigenvalue weighted by molar-refractivity contribution is 7.79. The van der Waals surface area contributed by atoms with Crippen LogP contribution in [0.3, 0.4) is 0 Å². The van der Waals surface area contributed by atoms with E-state index in [4.69, 9.17) is 10.1 Å². The zero-order valence-corrected chi connectivity index (χ0v) is 18.0. The van der Waals surface area contributed by atoms with Crippen LogP contribution in [0.25, 0.3) is 17.5 Å². The fourth-order valence-electron chi connectivity index (χ4n) is 3.35. The van der Waals surface area contributed by atoms with Crippen molar-refractivity contribution < 1.29 is 18.6 Å². The van der Waals surface area contributed by atoms with Gasteiger partial charge in [0.25, 0.3) is 6.43 Å². The summed E-state index contributed by atoms with van der Waals surface area (Å²) in [6.07, 6.45) is 6.38. The maximum atomic E-state index is 12.4. The van der Waals surface area contributed by atoms with E-state index in [1.807, 2.05) is 6.07 Å². The number of alkyl halides is 2. The summed E-state index contributed by atoms with van der Waals surface area (Å²) in [7, 11) is 0. The summed E-state index contributed by atoms with van der Waals surface area (Å²) < 4.78 is 30.8. The van der Waals surface area contributed by atoms with Crippen LogP contribution in [0, 0.1) is 11.3 Å². The number of halogens is 2.